The van der Waals surface area contributed by atoms with Gasteiger partial charge >= 0.3 is 11.9 Å². The molecule has 0 saturated carbocycles. The Morgan fingerprint density at radius 3 is 1.91 bits per heavy atom. The molecule has 35 heavy (non-hydrogen) atoms. The highest BCUT2D eigenvalue weighted by molar-refractivity contribution is 7.80. The zero-order valence-electron chi connectivity index (χ0n) is 18.7. The molecule has 0 heterocycles. The van der Waals surface area contributed by atoms with Crippen molar-refractivity contribution in [2.45, 2.75) is 49.9 Å². The summed E-state index contributed by atoms with van der Waals surface area (Å²) in [5.74, 6) is -6.37. The zero-order chi connectivity index (χ0) is 26.5. The van der Waals surface area contributed by atoms with Gasteiger partial charge in [0.2, 0.25) is 23.6 Å². The van der Waals surface area contributed by atoms with Gasteiger partial charge in [0.15, 0.2) is 0 Å². The van der Waals surface area contributed by atoms with Gasteiger partial charge in [0.25, 0.3) is 0 Å². The first kappa shape index (κ1) is 29.4. The summed E-state index contributed by atoms with van der Waals surface area (Å²) in [6.45, 7) is 0. The molecule has 0 fully saturated rings. The van der Waals surface area contributed by atoms with E-state index in [1.54, 1.807) is 30.3 Å². The van der Waals surface area contributed by atoms with Gasteiger partial charge in [-0.2, -0.15) is 12.6 Å². The third-order valence-corrected chi connectivity index (χ3v) is 5.13. The number of benzene rings is 1. The number of carbonyl (C=O) groups is 6. The smallest absolute Gasteiger partial charge is 0.326 e. The van der Waals surface area contributed by atoms with Gasteiger partial charge in [-0.05, 0) is 12.0 Å². The van der Waals surface area contributed by atoms with E-state index in [4.69, 9.17) is 21.7 Å². The molecule has 1 aromatic carbocycles. The van der Waals surface area contributed by atoms with Gasteiger partial charge in [0, 0.05) is 18.6 Å². The fourth-order valence-electron chi connectivity index (χ4n) is 2.88. The van der Waals surface area contributed by atoms with Crippen LogP contribution < -0.4 is 27.4 Å². The fraction of sp³-hybridized carbons (Fsp3) is 0.429. The summed E-state index contributed by atoms with van der Waals surface area (Å²) in [6.07, 6.45) is -1.02. The van der Waals surface area contributed by atoms with Crippen molar-refractivity contribution in [2.75, 3.05) is 5.75 Å². The van der Waals surface area contributed by atoms with Crippen LogP contribution in [0.5, 0.6) is 0 Å². The number of nitrogens with two attached hydrogens (primary N) is 2. The summed E-state index contributed by atoms with van der Waals surface area (Å²) >= 11 is 4.00. The van der Waals surface area contributed by atoms with E-state index in [0.717, 1.165) is 0 Å². The van der Waals surface area contributed by atoms with Crippen molar-refractivity contribution in [3.05, 3.63) is 35.9 Å². The van der Waals surface area contributed by atoms with Crippen molar-refractivity contribution in [1.29, 1.82) is 0 Å². The first-order valence-corrected chi connectivity index (χ1v) is 11.1. The number of amides is 4. The van der Waals surface area contributed by atoms with Crippen LogP contribution in [-0.2, 0) is 35.2 Å². The Labute approximate surface area is 206 Å². The van der Waals surface area contributed by atoms with Gasteiger partial charge < -0.3 is 37.6 Å². The van der Waals surface area contributed by atoms with Gasteiger partial charge in [-0.15, -0.1) is 0 Å². The van der Waals surface area contributed by atoms with Gasteiger partial charge in [-0.25, -0.2) is 4.79 Å². The van der Waals surface area contributed by atoms with Gasteiger partial charge in [-0.1, -0.05) is 30.3 Å². The van der Waals surface area contributed by atoms with Crippen LogP contribution in [0, 0.1) is 0 Å². The van der Waals surface area contributed by atoms with E-state index in [1.165, 1.54) is 0 Å². The molecule has 1 rings (SSSR count). The Hall–Kier alpha value is -3.65. The Balaban J connectivity index is 2.98. The molecule has 0 radical (unpaired) electrons. The second-order valence-electron chi connectivity index (χ2n) is 7.60. The lowest BCUT2D eigenvalue weighted by molar-refractivity contribution is -0.147. The van der Waals surface area contributed by atoms with E-state index in [9.17, 15) is 28.8 Å². The predicted octanol–water partition coefficient (Wildman–Crippen LogP) is -2.23. The Bertz CT molecular complexity index is 930. The predicted molar refractivity (Wildman–Crippen MR) is 126 cm³/mol. The topological polar surface area (TPSA) is 231 Å². The van der Waals surface area contributed by atoms with Crippen LogP contribution in [0.2, 0.25) is 0 Å². The van der Waals surface area contributed by atoms with E-state index in [1.807, 2.05) is 5.32 Å². The third kappa shape index (κ3) is 10.9. The number of carboxylic acids is 2. The normalized spacial score (nSPS) is 14.0. The molecule has 0 aliphatic heterocycles. The molecule has 9 N–H and O–H groups in total. The highest BCUT2D eigenvalue weighted by Crippen LogP contribution is 2.06. The first-order chi connectivity index (χ1) is 16.4. The molecular formula is C21H29N5O8S. The quantitative estimate of drug-likeness (QED) is 0.119. The molecule has 0 aliphatic rings. The summed E-state index contributed by atoms with van der Waals surface area (Å²) in [7, 11) is 0. The minimum absolute atomic E-state index is 0.0264. The highest BCUT2D eigenvalue weighted by atomic mass is 32.1. The number of primary amides is 1. The number of hydrogen-bond acceptors (Lipinski definition) is 8. The van der Waals surface area contributed by atoms with Crippen molar-refractivity contribution < 1.29 is 39.0 Å². The van der Waals surface area contributed by atoms with Crippen LogP contribution in [0.25, 0.3) is 0 Å². The number of thiol groups is 1. The van der Waals surface area contributed by atoms with Crippen LogP contribution in [0.3, 0.4) is 0 Å². The molecule has 0 spiro atoms. The molecule has 0 bridgehead atoms. The molecule has 14 heteroatoms. The van der Waals surface area contributed by atoms with Gasteiger partial charge in [0.05, 0.1) is 12.5 Å². The van der Waals surface area contributed by atoms with Crippen LogP contribution in [0.15, 0.2) is 30.3 Å². The maximum absolute atomic E-state index is 13.0. The second-order valence-corrected chi connectivity index (χ2v) is 7.97. The molecule has 0 aromatic heterocycles. The number of nitrogens with one attached hydrogen (secondary N) is 3. The van der Waals surface area contributed by atoms with E-state index < -0.39 is 66.2 Å². The average Bonchev–Trinajstić information content (AvgIpc) is 2.79. The minimum Gasteiger partial charge on any atom is -0.481 e. The molecular weight excluding hydrogens is 482 g/mol. The molecule has 1 aromatic rings. The van der Waals surface area contributed by atoms with Crippen molar-refractivity contribution in [3.8, 4) is 0 Å². The molecule has 4 unspecified atom stereocenters. The van der Waals surface area contributed by atoms with E-state index >= 15 is 0 Å². The molecule has 4 atom stereocenters. The number of aliphatic carboxylic acids is 2. The van der Waals surface area contributed by atoms with Crippen LogP contribution in [-0.4, -0.2) is 75.7 Å². The summed E-state index contributed by atoms with van der Waals surface area (Å²) < 4.78 is 0. The standard InChI is InChI=1S/C21H29N5O8S/c22-12(6-7-16(23)27)18(30)24-13(8-11-4-2-1-3-5-11)19(31)26-15(10-35)20(32)25-14(21(33)34)9-17(28)29/h1-5,12-15,35H,6-10,22H2,(H2,23,27)(H,24,30)(H,25,32)(H,26,31)(H,28,29)(H,33,34). The molecule has 0 aliphatic carbocycles. The summed E-state index contributed by atoms with van der Waals surface area (Å²) in [6, 6.07) is 3.28. The van der Waals surface area contributed by atoms with E-state index in [2.05, 4.69) is 23.3 Å². The van der Waals surface area contributed by atoms with Crippen molar-refractivity contribution in [3.63, 3.8) is 0 Å². The highest BCUT2D eigenvalue weighted by Gasteiger charge is 2.30. The largest absolute Gasteiger partial charge is 0.481 e. The van der Waals surface area contributed by atoms with E-state index in [0.29, 0.717) is 5.56 Å². The number of carboxylic acid groups (broad SMARTS) is 2. The van der Waals surface area contributed by atoms with Crippen molar-refractivity contribution >= 4 is 48.2 Å². The number of rotatable bonds is 15. The summed E-state index contributed by atoms with van der Waals surface area (Å²) in [5, 5.41) is 24.9. The summed E-state index contributed by atoms with van der Waals surface area (Å²) in [4.78, 5) is 71.0. The third-order valence-electron chi connectivity index (χ3n) is 4.76. The summed E-state index contributed by atoms with van der Waals surface area (Å²) in [5.41, 5.74) is 11.5. The maximum Gasteiger partial charge on any atom is 0.326 e. The van der Waals surface area contributed by atoms with Gasteiger partial charge in [0.1, 0.15) is 18.1 Å². The van der Waals surface area contributed by atoms with Crippen LogP contribution in [0.4, 0.5) is 0 Å². The number of carbonyl (C=O) groups excluding carboxylic acids is 4. The average molecular weight is 512 g/mol. The first-order valence-electron chi connectivity index (χ1n) is 10.5. The molecule has 4 amide bonds. The monoisotopic (exact) mass is 511 g/mol. The molecule has 0 saturated heterocycles. The van der Waals surface area contributed by atoms with Gasteiger partial charge in [-0.3, -0.25) is 24.0 Å². The molecule has 13 nitrogen and oxygen atoms in total. The lowest BCUT2D eigenvalue weighted by atomic mass is 10.0. The lowest BCUT2D eigenvalue weighted by Gasteiger charge is -2.24. The second kappa shape index (κ2) is 14.6. The maximum atomic E-state index is 13.0. The van der Waals surface area contributed by atoms with Crippen molar-refractivity contribution in [1.82, 2.24) is 16.0 Å². The zero-order valence-corrected chi connectivity index (χ0v) is 19.6. The van der Waals surface area contributed by atoms with Crippen LogP contribution >= 0.6 is 12.6 Å². The number of hydrogen-bond donors (Lipinski definition) is 8. The Kier molecular flexibility index (Phi) is 12.2. The lowest BCUT2D eigenvalue weighted by Crippen LogP contribution is -2.58. The van der Waals surface area contributed by atoms with Crippen molar-refractivity contribution in [2.24, 2.45) is 11.5 Å². The van der Waals surface area contributed by atoms with Crippen LogP contribution in [0.1, 0.15) is 24.8 Å². The molecule has 192 valence electrons. The Morgan fingerprint density at radius 2 is 1.40 bits per heavy atom. The fourth-order valence-corrected chi connectivity index (χ4v) is 3.14. The van der Waals surface area contributed by atoms with E-state index in [-0.39, 0.29) is 25.0 Å². The minimum atomic E-state index is -1.72. The Morgan fingerprint density at radius 1 is 0.857 bits per heavy atom. The SMILES string of the molecule is NC(=O)CCC(N)C(=O)NC(Cc1ccccc1)C(=O)NC(CS)C(=O)NC(CC(=O)O)C(=O)O.